The van der Waals surface area contributed by atoms with Crippen LogP contribution in [0.2, 0.25) is 0 Å². The zero-order valence-electron chi connectivity index (χ0n) is 34.1. The average molecular weight is 924 g/mol. The van der Waals surface area contributed by atoms with Gasteiger partial charge in [0.15, 0.2) is 0 Å². The van der Waals surface area contributed by atoms with Gasteiger partial charge in [0.25, 0.3) is 0 Å². The molecule has 0 radical (unpaired) electrons. The molecule has 8 atom stereocenters. The average Bonchev–Trinajstić information content (AvgIpc) is 3.23. The molecule has 2 N–H and O–H groups in total. The summed E-state index contributed by atoms with van der Waals surface area (Å²) in [7, 11) is 1.80. The molecule has 9 nitrogen and oxygen atoms in total. The summed E-state index contributed by atoms with van der Waals surface area (Å²) >= 11 is -3.93. The Hall–Kier alpha value is -3.78. The van der Waals surface area contributed by atoms with E-state index in [0.29, 0.717) is 11.1 Å². The van der Waals surface area contributed by atoms with Gasteiger partial charge >= 0.3 is 349 Å². The number of aliphatic hydroxyl groups excluding tert-OH is 1. The van der Waals surface area contributed by atoms with Gasteiger partial charge in [0.2, 0.25) is 0 Å². The van der Waals surface area contributed by atoms with E-state index in [-0.39, 0.29) is 43.2 Å². The molecule has 308 valence electrons. The van der Waals surface area contributed by atoms with Crippen molar-refractivity contribution in [3.05, 3.63) is 138 Å². The van der Waals surface area contributed by atoms with Crippen LogP contribution in [0.15, 0.2) is 132 Å². The predicted molar refractivity (Wildman–Crippen MR) is 229 cm³/mol. The van der Waals surface area contributed by atoms with E-state index in [1.54, 1.807) is 46.2 Å². The van der Waals surface area contributed by atoms with E-state index in [2.05, 4.69) is 72.8 Å². The van der Waals surface area contributed by atoms with Crippen molar-refractivity contribution in [1.29, 1.82) is 0 Å². The fourth-order valence-electron chi connectivity index (χ4n) is 10.7. The van der Waals surface area contributed by atoms with Crippen molar-refractivity contribution in [3.63, 3.8) is 0 Å². The zero-order valence-corrected chi connectivity index (χ0v) is 37.8. The van der Waals surface area contributed by atoms with Crippen LogP contribution in [0.3, 0.4) is 0 Å². The molecule has 4 aromatic rings. The number of benzene rings is 4. The van der Waals surface area contributed by atoms with Gasteiger partial charge in [-0.1, -0.05) is 6.07 Å². The number of ether oxygens (including phenoxy) is 4. The van der Waals surface area contributed by atoms with Crippen molar-refractivity contribution in [2.45, 2.75) is 89.5 Å². The molecular weight excluding hydrogens is 871 g/mol. The first-order chi connectivity index (χ1) is 28.2. The van der Waals surface area contributed by atoms with Crippen molar-refractivity contribution < 1.29 is 43.5 Å². The predicted octanol–water partition coefficient (Wildman–Crippen LogP) is 5.49. The Morgan fingerprint density at radius 2 is 1.37 bits per heavy atom. The summed E-state index contributed by atoms with van der Waals surface area (Å²) in [6.45, 7) is 8.54. The van der Waals surface area contributed by atoms with Crippen LogP contribution in [0, 0.1) is 16.7 Å². The fourth-order valence-corrected chi connectivity index (χ4v) is 29.2. The topological polar surface area (TPSA) is 129 Å². The molecule has 2 unspecified atom stereocenters. The van der Waals surface area contributed by atoms with Crippen molar-refractivity contribution in [2.75, 3.05) is 12.5 Å². The summed E-state index contributed by atoms with van der Waals surface area (Å²) in [5, 5.41) is 24.9. The van der Waals surface area contributed by atoms with Crippen LogP contribution < -0.4 is 10.7 Å². The van der Waals surface area contributed by atoms with E-state index in [9.17, 15) is 19.8 Å². The molecule has 8 rings (SSSR count). The van der Waals surface area contributed by atoms with Gasteiger partial charge in [0, 0.05) is 0 Å². The standard InChI is InChI=1S/C30H38O9S.3C6H5.Sn/c1-16-19-11-21(33)28(5)22(37-15-40)12-23-29(14-36-23,39-17(2)31)24(28)25(30(35,13-20(16)32)27(19,3)4)38-26(34)18-9-7-6-8-10-18;3*1-2-4-6-5-3-1;/h6-10,20,22-25,32,35,40H,11-15H2,1-5H3;3*1-5H;/q;;;;+1/p-1/t20-,22-,23+,24?,25?,28+,29-,30+;;;;/m0..../s1. The second kappa shape index (κ2) is 15.9. The van der Waals surface area contributed by atoms with E-state index in [4.69, 9.17) is 18.9 Å². The third kappa shape index (κ3) is 6.73. The van der Waals surface area contributed by atoms with E-state index in [1.165, 1.54) is 17.7 Å². The first kappa shape index (κ1) is 41.9. The molecule has 3 aliphatic carbocycles. The van der Waals surface area contributed by atoms with Crippen LogP contribution in [0.1, 0.15) is 64.2 Å². The minimum atomic E-state index is -3.93. The number of ketones is 1. The van der Waals surface area contributed by atoms with Gasteiger partial charge in [0.1, 0.15) is 0 Å². The third-order valence-corrected chi connectivity index (χ3v) is 34.0. The van der Waals surface area contributed by atoms with Crippen molar-refractivity contribution in [2.24, 2.45) is 16.7 Å². The monoisotopic (exact) mass is 924 g/mol. The molecule has 1 saturated heterocycles. The molecule has 1 heterocycles. The Kier molecular flexibility index (Phi) is 11.3. The second-order valence-corrected chi connectivity index (χ2v) is 33.2. The van der Waals surface area contributed by atoms with Crippen LogP contribution in [-0.2, 0) is 28.5 Å². The number of carbonyl (C=O) groups excluding carboxylic acids is 3. The molecule has 11 heteroatoms. The molecule has 4 aliphatic rings. The Bertz CT molecular complexity index is 2140. The van der Waals surface area contributed by atoms with Crippen LogP contribution >= 0.6 is 8.95 Å². The summed E-state index contributed by atoms with van der Waals surface area (Å²) in [4.78, 5) is 42.9. The SMILES string of the molecule is CC(=O)O[C@@]12CO[C@@H]1C[C@H](OC[S][Sn]([c]1ccccc1)([c]1ccccc1)[c]1ccccc1)[C@@]1(C)C(=O)CC3=C(C)[C@@H](O)C[C@@](O)(C(OC(=O)c4ccccc4)C12)C3(C)C. The first-order valence-electron chi connectivity index (χ1n) is 20.3. The third-order valence-electron chi connectivity index (χ3n) is 14.0. The quantitative estimate of drug-likeness (QED) is 0.0913. The van der Waals surface area contributed by atoms with Gasteiger partial charge in [0.05, 0.1) is 0 Å². The van der Waals surface area contributed by atoms with Crippen LogP contribution in [0.5, 0.6) is 0 Å². The zero-order chi connectivity index (χ0) is 41.8. The maximum absolute atomic E-state index is 15.5. The maximum atomic E-state index is 15.5. The first-order valence-corrected chi connectivity index (χ1v) is 29.1. The van der Waals surface area contributed by atoms with Crippen LogP contribution in [0.4, 0.5) is 0 Å². The number of fused-ring (bicyclic) bond motifs is 5. The van der Waals surface area contributed by atoms with Crippen LogP contribution in [0.25, 0.3) is 0 Å². The Labute approximate surface area is 352 Å². The van der Waals surface area contributed by atoms with Crippen molar-refractivity contribution in [3.8, 4) is 0 Å². The van der Waals surface area contributed by atoms with Crippen LogP contribution in [-0.4, -0.2) is 93.1 Å². The molecule has 0 amide bonds. The van der Waals surface area contributed by atoms with Crippen molar-refractivity contribution >= 4 is 54.4 Å². The number of carbonyl (C=O) groups is 3. The number of hydrogen-bond donors (Lipinski definition) is 2. The summed E-state index contributed by atoms with van der Waals surface area (Å²) < 4.78 is 30.0. The number of esters is 2. The van der Waals surface area contributed by atoms with Gasteiger partial charge in [-0.2, -0.15) is 0 Å². The van der Waals surface area contributed by atoms with Gasteiger partial charge in [-0.3, -0.25) is 0 Å². The molecule has 0 aromatic heterocycles. The van der Waals surface area contributed by atoms with Gasteiger partial charge in [-0.05, 0) is 0 Å². The molecule has 2 saturated carbocycles. The molecule has 0 spiro atoms. The molecule has 3 fully saturated rings. The van der Waals surface area contributed by atoms with E-state index in [1.807, 2.05) is 39.0 Å². The Morgan fingerprint density at radius 3 is 1.86 bits per heavy atom. The minimum absolute atomic E-state index is 0.0674. The molecule has 59 heavy (non-hydrogen) atoms. The summed E-state index contributed by atoms with van der Waals surface area (Å²) in [5.41, 5.74) is -4.52. The molecule has 4 aromatic carbocycles. The summed E-state index contributed by atoms with van der Waals surface area (Å²) in [6, 6.07) is 40.2. The van der Waals surface area contributed by atoms with E-state index in [0.717, 1.165) is 0 Å². The Morgan fingerprint density at radius 1 is 0.847 bits per heavy atom. The number of aliphatic hydroxyl groups is 2. The summed E-state index contributed by atoms with van der Waals surface area (Å²) in [5.74, 6) is -2.41. The normalized spacial score (nSPS) is 31.1. The second-order valence-electron chi connectivity index (χ2n) is 17.3. The number of Topliss-reactive ketones (excluding diaryl/α,β-unsaturated/α-hetero) is 1. The van der Waals surface area contributed by atoms with Crippen molar-refractivity contribution in [1.82, 2.24) is 0 Å². The molecule has 2 bridgehead atoms. The molecule has 1 aliphatic heterocycles. The van der Waals surface area contributed by atoms with Gasteiger partial charge < -0.3 is 0 Å². The fraction of sp³-hybridized carbons (Fsp3) is 0.396. The number of hydrogen-bond acceptors (Lipinski definition) is 10. The van der Waals surface area contributed by atoms with E-state index < -0.39 is 81.3 Å². The van der Waals surface area contributed by atoms with Gasteiger partial charge in [-0.15, -0.1) is 0 Å². The van der Waals surface area contributed by atoms with Gasteiger partial charge in [-0.25, -0.2) is 0 Å². The van der Waals surface area contributed by atoms with E-state index >= 15 is 4.79 Å². The number of rotatable bonds is 10. The Balaban J connectivity index is 1.27. The summed E-state index contributed by atoms with van der Waals surface area (Å²) in [6.07, 6.45) is -4.13. The molecular formula is C48H52O9SSn.